The number of rotatable bonds is 6. The predicted octanol–water partition coefficient (Wildman–Crippen LogP) is 2.17. The van der Waals surface area contributed by atoms with Crippen molar-refractivity contribution in [1.29, 1.82) is 0 Å². The molecule has 2 aromatic carbocycles. The molecule has 1 atom stereocenters. The second-order valence-electron chi connectivity index (χ2n) is 5.00. The second kappa shape index (κ2) is 6.35. The van der Waals surface area contributed by atoms with E-state index < -0.39 is 10.0 Å². The van der Waals surface area contributed by atoms with E-state index in [0.29, 0.717) is 13.0 Å². The number of nitrogens with one attached hydrogen (secondary N) is 1. The van der Waals surface area contributed by atoms with Crippen LogP contribution >= 0.6 is 0 Å². The van der Waals surface area contributed by atoms with Gasteiger partial charge in [0.05, 0.1) is 5.75 Å². The number of sulfonamides is 1. The lowest BCUT2D eigenvalue weighted by molar-refractivity contribution is 0.561. The summed E-state index contributed by atoms with van der Waals surface area (Å²) in [7, 11) is -3.36. The van der Waals surface area contributed by atoms with Crippen molar-refractivity contribution in [3.63, 3.8) is 0 Å². The predicted molar refractivity (Wildman–Crippen MR) is 83.0 cm³/mol. The third-order valence-corrected chi connectivity index (χ3v) is 4.19. The van der Waals surface area contributed by atoms with Crippen LogP contribution in [0.2, 0.25) is 0 Å². The normalized spacial score (nSPS) is 13.5. The standard InChI is InChI=1S/C15H20N2O2S/c1-12(17-9-4-10-20(16,18)19)14-8-7-13-5-2-3-6-15(13)11-14/h2-3,5-8,11-12,17H,4,9-10H2,1H3,(H2,16,18,19). The Labute approximate surface area is 120 Å². The smallest absolute Gasteiger partial charge is 0.209 e. The zero-order valence-electron chi connectivity index (χ0n) is 11.5. The lowest BCUT2D eigenvalue weighted by Crippen LogP contribution is -2.24. The molecule has 0 aliphatic carbocycles. The molecule has 2 aromatic rings. The summed E-state index contributed by atoms with van der Waals surface area (Å²) >= 11 is 0. The quantitative estimate of drug-likeness (QED) is 0.801. The molecule has 0 saturated carbocycles. The van der Waals surface area contributed by atoms with Crippen molar-refractivity contribution in [2.45, 2.75) is 19.4 Å². The fourth-order valence-corrected chi connectivity index (χ4v) is 2.73. The first-order valence-electron chi connectivity index (χ1n) is 6.68. The highest BCUT2D eigenvalue weighted by Gasteiger charge is 2.07. The van der Waals surface area contributed by atoms with E-state index in [1.165, 1.54) is 16.3 Å². The van der Waals surface area contributed by atoms with Crippen molar-refractivity contribution >= 4 is 20.8 Å². The molecule has 5 heteroatoms. The van der Waals surface area contributed by atoms with Crippen LogP contribution in [0, 0.1) is 0 Å². The van der Waals surface area contributed by atoms with Crippen molar-refractivity contribution in [1.82, 2.24) is 5.32 Å². The number of primary sulfonamides is 1. The van der Waals surface area contributed by atoms with Gasteiger partial charge in [-0.05, 0) is 42.3 Å². The molecule has 0 aliphatic rings. The van der Waals surface area contributed by atoms with E-state index >= 15 is 0 Å². The molecule has 20 heavy (non-hydrogen) atoms. The van der Waals surface area contributed by atoms with E-state index in [2.05, 4.69) is 42.6 Å². The Balaban J connectivity index is 1.95. The average Bonchev–Trinajstić information content (AvgIpc) is 2.42. The third kappa shape index (κ3) is 4.30. The third-order valence-electron chi connectivity index (χ3n) is 3.33. The van der Waals surface area contributed by atoms with Gasteiger partial charge in [0.2, 0.25) is 10.0 Å². The second-order valence-corrected chi connectivity index (χ2v) is 6.74. The largest absolute Gasteiger partial charge is 0.310 e. The lowest BCUT2D eigenvalue weighted by Gasteiger charge is -2.14. The highest BCUT2D eigenvalue weighted by Crippen LogP contribution is 2.20. The number of benzene rings is 2. The molecule has 1 unspecified atom stereocenters. The Morgan fingerprint density at radius 1 is 1.15 bits per heavy atom. The first-order chi connectivity index (χ1) is 9.46. The molecule has 0 aliphatic heterocycles. The molecule has 0 bridgehead atoms. The van der Waals surface area contributed by atoms with Gasteiger partial charge in [0.25, 0.3) is 0 Å². The summed E-state index contributed by atoms with van der Waals surface area (Å²) in [6.45, 7) is 2.70. The van der Waals surface area contributed by atoms with Gasteiger partial charge in [0, 0.05) is 6.04 Å². The monoisotopic (exact) mass is 292 g/mol. The Hall–Kier alpha value is -1.43. The first-order valence-corrected chi connectivity index (χ1v) is 8.40. The topological polar surface area (TPSA) is 72.2 Å². The summed E-state index contributed by atoms with van der Waals surface area (Å²) < 4.78 is 21.7. The summed E-state index contributed by atoms with van der Waals surface area (Å²) in [4.78, 5) is 0. The zero-order valence-corrected chi connectivity index (χ0v) is 12.4. The molecule has 108 valence electrons. The Bertz CT molecular complexity index is 683. The molecule has 4 nitrogen and oxygen atoms in total. The summed E-state index contributed by atoms with van der Waals surface area (Å²) in [5, 5.41) is 10.7. The summed E-state index contributed by atoms with van der Waals surface area (Å²) in [5.41, 5.74) is 1.19. The van der Waals surface area contributed by atoms with E-state index in [4.69, 9.17) is 5.14 Å². The van der Waals surface area contributed by atoms with Gasteiger partial charge in [-0.2, -0.15) is 0 Å². The van der Waals surface area contributed by atoms with Gasteiger partial charge in [-0.3, -0.25) is 0 Å². The highest BCUT2D eigenvalue weighted by atomic mass is 32.2. The fourth-order valence-electron chi connectivity index (χ4n) is 2.19. The molecule has 0 spiro atoms. The van der Waals surface area contributed by atoms with Gasteiger partial charge in [0.1, 0.15) is 0 Å². The number of nitrogens with two attached hydrogens (primary N) is 1. The van der Waals surface area contributed by atoms with Crippen LogP contribution in [0.5, 0.6) is 0 Å². The van der Waals surface area contributed by atoms with Gasteiger partial charge in [-0.15, -0.1) is 0 Å². The summed E-state index contributed by atoms with van der Waals surface area (Å²) in [6.07, 6.45) is 0.525. The zero-order chi connectivity index (χ0) is 14.6. The van der Waals surface area contributed by atoms with Crippen LogP contribution in [-0.2, 0) is 10.0 Å². The maximum absolute atomic E-state index is 10.8. The molecular weight excluding hydrogens is 272 g/mol. The minimum absolute atomic E-state index is 0.0183. The van der Waals surface area contributed by atoms with E-state index in [1.807, 2.05) is 12.1 Å². The van der Waals surface area contributed by atoms with Crippen LogP contribution in [-0.4, -0.2) is 20.7 Å². The first kappa shape index (κ1) is 15.0. The van der Waals surface area contributed by atoms with Crippen molar-refractivity contribution in [3.05, 3.63) is 48.0 Å². The van der Waals surface area contributed by atoms with Gasteiger partial charge in [-0.25, -0.2) is 13.6 Å². The Morgan fingerprint density at radius 3 is 2.55 bits per heavy atom. The molecule has 0 saturated heterocycles. The Morgan fingerprint density at radius 2 is 1.85 bits per heavy atom. The van der Waals surface area contributed by atoms with Crippen molar-refractivity contribution in [2.75, 3.05) is 12.3 Å². The van der Waals surface area contributed by atoms with Crippen molar-refractivity contribution in [3.8, 4) is 0 Å². The van der Waals surface area contributed by atoms with Crippen LogP contribution in [0.4, 0.5) is 0 Å². The maximum Gasteiger partial charge on any atom is 0.209 e. The van der Waals surface area contributed by atoms with Crippen LogP contribution in [0.1, 0.15) is 24.9 Å². The molecular formula is C15H20N2O2S. The van der Waals surface area contributed by atoms with Crippen LogP contribution in [0.3, 0.4) is 0 Å². The highest BCUT2D eigenvalue weighted by molar-refractivity contribution is 7.89. The van der Waals surface area contributed by atoms with Gasteiger partial charge in [-0.1, -0.05) is 36.4 Å². The van der Waals surface area contributed by atoms with E-state index in [0.717, 1.165) is 0 Å². The molecule has 3 N–H and O–H groups in total. The van der Waals surface area contributed by atoms with Crippen LogP contribution < -0.4 is 10.5 Å². The van der Waals surface area contributed by atoms with Crippen LogP contribution in [0.25, 0.3) is 10.8 Å². The summed E-state index contributed by atoms with van der Waals surface area (Å²) in [5.74, 6) is 0.0183. The van der Waals surface area contributed by atoms with E-state index in [9.17, 15) is 8.42 Å². The molecule has 0 aromatic heterocycles. The van der Waals surface area contributed by atoms with Gasteiger partial charge >= 0.3 is 0 Å². The van der Waals surface area contributed by atoms with E-state index in [-0.39, 0.29) is 11.8 Å². The van der Waals surface area contributed by atoms with Gasteiger partial charge in [0.15, 0.2) is 0 Å². The maximum atomic E-state index is 10.8. The lowest BCUT2D eigenvalue weighted by atomic mass is 10.0. The van der Waals surface area contributed by atoms with Crippen molar-refractivity contribution in [2.24, 2.45) is 5.14 Å². The molecule has 0 heterocycles. The number of hydrogen-bond donors (Lipinski definition) is 2. The molecule has 0 fully saturated rings. The molecule has 0 radical (unpaired) electrons. The summed E-state index contributed by atoms with van der Waals surface area (Å²) in [6, 6.07) is 14.8. The van der Waals surface area contributed by atoms with Crippen molar-refractivity contribution < 1.29 is 8.42 Å². The minimum atomic E-state index is -3.36. The molecule has 0 amide bonds. The van der Waals surface area contributed by atoms with Crippen LogP contribution in [0.15, 0.2) is 42.5 Å². The van der Waals surface area contributed by atoms with E-state index in [1.54, 1.807) is 0 Å². The SMILES string of the molecule is CC(NCCCS(N)(=O)=O)c1ccc2ccccc2c1. The average molecular weight is 292 g/mol. The molecule has 2 rings (SSSR count). The minimum Gasteiger partial charge on any atom is -0.310 e. The number of fused-ring (bicyclic) bond motifs is 1. The Kier molecular flexibility index (Phi) is 4.75. The fraction of sp³-hybridized carbons (Fsp3) is 0.333. The van der Waals surface area contributed by atoms with Gasteiger partial charge < -0.3 is 5.32 Å². The number of hydrogen-bond acceptors (Lipinski definition) is 3.